The fourth-order valence-electron chi connectivity index (χ4n) is 6.29. The first kappa shape index (κ1) is 27.0. The third-order valence-corrected chi connectivity index (χ3v) is 8.84. The third kappa shape index (κ3) is 5.81. The maximum Gasteiger partial charge on any atom is 0.227 e. The molecule has 3 heterocycles. The number of hydrogen-bond acceptors (Lipinski definition) is 4. The molecule has 40 heavy (non-hydrogen) atoms. The predicted molar refractivity (Wildman–Crippen MR) is 166 cm³/mol. The Hall–Kier alpha value is -3.16. The number of hydrogen-bond donors (Lipinski definition) is 0. The van der Waals surface area contributed by atoms with Gasteiger partial charge in [-0.05, 0) is 73.8 Å². The monoisotopic (exact) mass is 599 g/mol. The number of piperazine rings is 1. The lowest BCUT2D eigenvalue weighted by Gasteiger charge is -2.39. The summed E-state index contributed by atoms with van der Waals surface area (Å²) < 4.78 is 3.31. The van der Waals surface area contributed by atoms with Gasteiger partial charge in [-0.2, -0.15) is 0 Å². The van der Waals surface area contributed by atoms with Crippen molar-refractivity contribution in [3.8, 4) is 5.69 Å². The summed E-state index contributed by atoms with van der Waals surface area (Å²) in [5.74, 6) is 1.39. The summed E-state index contributed by atoms with van der Waals surface area (Å²) in [5.41, 5.74) is 5.87. The van der Waals surface area contributed by atoms with E-state index in [1.165, 1.54) is 17.7 Å². The summed E-state index contributed by atoms with van der Waals surface area (Å²) >= 11 is 3.63. The van der Waals surface area contributed by atoms with Gasteiger partial charge in [0, 0.05) is 48.6 Å². The van der Waals surface area contributed by atoms with E-state index in [0.717, 1.165) is 92.1 Å². The van der Waals surface area contributed by atoms with E-state index in [1.807, 2.05) is 12.1 Å². The largest absolute Gasteiger partial charge is 0.368 e. The van der Waals surface area contributed by atoms with Crippen molar-refractivity contribution in [3.05, 3.63) is 88.7 Å². The molecule has 2 fully saturated rings. The minimum Gasteiger partial charge on any atom is -0.368 e. The number of rotatable bonds is 7. The third-order valence-electron chi connectivity index (χ3n) is 8.35. The smallest absolute Gasteiger partial charge is 0.227 e. The number of halogens is 1. The number of imidazole rings is 1. The maximum atomic E-state index is 13.6. The lowest BCUT2D eigenvalue weighted by molar-refractivity contribution is -0.137. The Morgan fingerprint density at radius 1 is 0.925 bits per heavy atom. The SMILES string of the molecule is CCCc1ccc(N2CCN(C(=O)[C@H]3CCCN(Cc4nc5ccccc5n4-c4cccc(Br)c4)C3)CC2)cc1. The molecule has 0 N–H and O–H groups in total. The molecule has 3 aromatic carbocycles. The predicted octanol–water partition coefficient (Wildman–Crippen LogP) is 6.30. The Balaban J connectivity index is 1.11. The van der Waals surface area contributed by atoms with Crippen LogP contribution in [0.3, 0.4) is 0 Å². The van der Waals surface area contributed by atoms with Crippen LogP contribution in [0.5, 0.6) is 0 Å². The van der Waals surface area contributed by atoms with Gasteiger partial charge in [0.25, 0.3) is 0 Å². The van der Waals surface area contributed by atoms with E-state index < -0.39 is 0 Å². The highest BCUT2D eigenvalue weighted by Gasteiger charge is 2.32. The van der Waals surface area contributed by atoms with E-state index in [2.05, 4.69) is 103 Å². The van der Waals surface area contributed by atoms with Crippen LogP contribution in [0.15, 0.2) is 77.3 Å². The van der Waals surface area contributed by atoms with Gasteiger partial charge in [-0.25, -0.2) is 4.98 Å². The molecule has 0 aliphatic carbocycles. The average molecular weight is 601 g/mol. The molecule has 0 radical (unpaired) electrons. The Kier molecular flexibility index (Phi) is 8.21. The number of amides is 1. The molecule has 4 aromatic rings. The van der Waals surface area contributed by atoms with Crippen LogP contribution >= 0.6 is 15.9 Å². The van der Waals surface area contributed by atoms with E-state index in [1.54, 1.807) is 0 Å². The van der Waals surface area contributed by atoms with Crippen LogP contribution in [-0.2, 0) is 17.8 Å². The molecule has 6 nitrogen and oxygen atoms in total. The van der Waals surface area contributed by atoms with Gasteiger partial charge >= 0.3 is 0 Å². The van der Waals surface area contributed by atoms with Gasteiger partial charge in [0.2, 0.25) is 5.91 Å². The summed E-state index contributed by atoms with van der Waals surface area (Å²) in [7, 11) is 0. The van der Waals surface area contributed by atoms with E-state index in [0.29, 0.717) is 5.91 Å². The lowest BCUT2D eigenvalue weighted by atomic mass is 9.96. The number of benzene rings is 3. The quantitative estimate of drug-likeness (QED) is 0.250. The molecule has 2 saturated heterocycles. The number of carbonyl (C=O) groups excluding carboxylic acids is 1. The van der Waals surface area contributed by atoms with Gasteiger partial charge in [-0.15, -0.1) is 0 Å². The molecule has 1 atom stereocenters. The molecular formula is C33H38BrN5O. The molecule has 1 amide bonds. The van der Waals surface area contributed by atoms with E-state index in [-0.39, 0.29) is 5.92 Å². The summed E-state index contributed by atoms with van der Waals surface area (Å²) in [6, 6.07) is 25.7. The molecule has 0 unspecified atom stereocenters. The van der Waals surface area contributed by atoms with Crippen LogP contribution in [-0.4, -0.2) is 64.5 Å². The molecule has 6 rings (SSSR count). The van der Waals surface area contributed by atoms with Crippen LogP contribution in [0.2, 0.25) is 0 Å². The van der Waals surface area contributed by atoms with E-state index in [4.69, 9.17) is 4.98 Å². The minimum atomic E-state index is 0.0531. The zero-order valence-corrected chi connectivity index (χ0v) is 24.9. The average Bonchev–Trinajstić information content (AvgIpc) is 3.35. The lowest BCUT2D eigenvalue weighted by Crippen LogP contribution is -2.52. The number of anilines is 1. The number of piperidine rings is 1. The molecule has 2 aliphatic rings. The fraction of sp³-hybridized carbons (Fsp3) is 0.394. The van der Waals surface area contributed by atoms with Crippen LogP contribution in [0, 0.1) is 5.92 Å². The van der Waals surface area contributed by atoms with Crippen molar-refractivity contribution in [1.82, 2.24) is 19.4 Å². The number of carbonyl (C=O) groups is 1. The van der Waals surface area contributed by atoms with Crippen molar-refractivity contribution in [1.29, 1.82) is 0 Å². The van der Waals surface area contributed by atoms with Crippen molar-refractivity contribution < 1.29 is 4.79 Å². The Labute approximate surface area is 245 Å². The van der Waals surface area contributed by atoms with E-state index in [9.17, 15) is 4.79 Å². The van der Waals surface area contributed by atoms with Gasteiger partial charge in [0.1, 0.15) is 5.82 Å². The van der Waals surface area contributed by atoms with Crippen molar-refractivity contribution >= 4 is 38.6 Å². The van der Waals surface area contributed by atoms with Gasteiger partial charge in [0.05, 0.1) is 23.5 Å². The zero-order chi connectivity index (χ0) is 27.5. The number of fused-ring (bicyclic) bond motifs is 1. The summed E-state index contributed by atoms with van der Waals surface area (Å²) in [4.78, 5) is 25.6. The molecule has 2 aliphatic heterocycles. The van der Waals surface area contributed by atoms with Crippen LogP contribution in [0.4, 0.5) is 5.69 Å². The van der Waals surface area contributed by atoms with Crippen molar-refractivity contribution in [3.63, 3.8) is 0 Å². The van der Waals surface area contributed by atoms with Gasteiger partial charge in [-0.1, -0.05) is 59.6 Å². The highest BCUT2D eigenvalue weighted by atomic mass is 79.9. The van der Waals surface area contributed by atoms with Gasteiger partial charge in [-0.3, -0.25) is 14.3 Å². The summed E-state index contributed by atoms with van der Waals surface area (Å²) in [6.07, 6.45) is 4.31. The highest BCUT2D eigenvalue weighted by Crippen LogP contribution is 2.27. The maximum absolute atomic E-state index is 13.6. The number of aromatic nitrogens is 2. The normalized spacial score (nSPS) is 18.4. The first-order valence-electron chi connectivity index (χ1n) is 14.7. The number of para-hydroxylation sites is 2. The second-order valence-electron chi connectivity index (χ2n) is 11.1. The molecule has 0 saturated carbocycles. The number of aryl methyl sites for hydroxylation is 1. The van der Waals surface area contributed by atoms with Gasteiger partial charge < -0.3 is 9.80 Å². The molecule has 7 heteroatoms. The molecule has 0 bridgehead atoms. The summed E-state index contributed by atoms with van der Waals surface area (Å²) in [5, 5.41) is 0. The second kappa shape index (κ2) is 12.1. The fourth-order valence-corrected chi connectivity index (χ4v) is 6.68. The number of likely N-dealkylation sites (tertiary alicyclic amines) is 1. The van der Waals surface area contributed by atoms with Crippen molar-refractivity contribution in [2.45, 2.75) is 39.2 Å². The van der Waals surface area contributed by atoms with Crippen molar-refractivity contribution in [2.75, 3.05) is 44.2 Å². The molecule has 0 spiro atoms. The molecular weight excluding hydrogens is 562 g/mol. The Bertz CT molecular complexity index is 1460. The molecule has 208 valence electrons. The van der Waals surface area contributed by atoms with Crippen LogP contribution < -0.4 is 4.90 Å². The first-order valence-corrected chi connectivity index (χ1v) is 15.5. The zero-order valence-electron chi connectivity index (χ0n) is 23.3. The van der Waals surface area contributed by atoms with Crippen molar-refractivity contribution in [2.24, 2.45) is 5.92 Å². The summed E-state index contributed by atoms with van der Waals surface area (Å²) in [6.45, 7) is 8.11. The topological polar surface area (TPSA) is 44.6 Å². The van der Waals surface area contributed by atoms with Crippen LogP contribution in [0.1, 0.15) is 37.6 Å². The van der Waals surface area contributed by atoms with Gasteiger partial charge in [0.15, 0.2) is 0 Å². The molecule has 1 aromatic heterocycles. The minimum absolute atomic E-state index is 0.0531. The highest BCUT2D eigenvalue weighted by molar-refractivity contribution is 9.10. The first-order chi connectivity index (χ1) is 19.6. The van der Waals surface area contributed by atoms with E-state index >= 15 is 0 Å². The standard InChI is InChI=1S/C33H38BrN5O/c1-2-7-25-13-15-28(16-14-25)37-18-20-38(21-19-37)33(40)26-8-6-17-36(23-26)24-32-35-30-11-3-4-12-31(30)39(32)29-10-5-9-27(34)22-29/h3-5,9-16,22,26H,2,6-8,17-21,23-24H2,1H3/t26-/m0/s1. The van der Waals surface area contributed by atoms with Crippen LogP contribution in [0.25, 0.3) is 16.7 Å². The second-order valence-corrected chi connectivity index (χ2v) is 12.1. The Morgan fingerprint density at radius 3 is 2.50 bits per heavy atom. The Morgan fingerprint density at radius 2 is 1.73 bits per heavy atom. The number of nitrogens with zero attached hydrogens (tertiary/aromatic N) is 5.